The first-order chi connectivity index (χ1) is 16.7. The topological polar surface area (TPSA) is 91.6 Å². The second-order valence-electron chi connectivity index (χ2n) is 8.09. The van der Waals surface area contributed by atoms with Crippen molar-refractivity contribution in [2.24, 2.45) is 0 Å². The van der Waals surface area contributed by atoms with Gasteiger partial charge in [0, 0.05) is 44.9 Å². The number of piperazine rings is 1. The Labute approximate surface area is 199 Å². The number of nitro benzene ring substituents is 1. The summed E-state index contributed by atoms with van der Waals surface area (Å²) in [4.78, 5) is 31.5. The molecule has 2 heterocycles. The number of amides is 1. The van der Waals surface area contributed by atoms with E-state index in [4.69, 9.17) is 0 Å². The Balaban J connectivity index is 1.32. The van der Waals surface area contributed by atoms with Crippen molar-refractivity contribution in [1.82, 2.24) is 9.88 Å². The van der Waals surface area contributed by atoms with E-state index in [0.29, 0.717) is 31.1 Å². The minimum Gasteiger partial charge on any atom is -0.354 e. The van der Waals surface area contributed by atoms with Crippen molar-refractivity contribution in [3.63, 3.8) is 0 Å². The van der Waals surface area contributed by atoms with Gasteiger partial charge in [0.1, 0.15) is 5.82 Å². The lowest BCUT2D eigenvalue weighted by Crippen LogP contribution is -2.46. The van der Waals surface area contributed by atoms with Crippen LogP contribution in [0, 0.1) is 10.1 Å². The molecule has 0 saturated carbocycles. The van der Waals surface area contributed by atoms with Crippen LogP contribution in [-0.2, 0) is 12.7 Å². The number of carbonyl (C=O) groups excluding carboxylic acids is 1. The van der Waals surface area contributed by atoms with Gasteiger partial charge >= 0.3 is 6.18 Å². The summed E-state index contributed by atoms with van der Waals surface area (Å²) in [6.45, 7) is 3.65. The van der Waals surface area contributed by atoms with Crippen LogP contribution >= 0.6 is 0 Å². The molecule has 3 aromatic rings. The molecule has 1 N–H and O–H groups in total. The van der Waals surface area contributed by atoms with E-state index >= 15 is 0 Å². The highest BCUT2D eigenvalue weighted by Crippen LogP contribution is 2.32. The highest BCUT2D eigenvalue weighted by Gasteiger charge is 2.34. The van der Waals surface area contributed by atoms with E-state index in [9.17, 15) is 28.1 Å². The van der Waals surface area contributed by atoms with E-state index in [0.717, 1.165) is 30.8 Å². The number of nitrogens with one attached hydrogen (secondary N) is 1. The Kier molecular flexibility index (Phi) is 6.97. The van der Waals surface area contributed by atoms with Gasteiger partial charge in [-0.2, -0.15) is 13.2 Å². The van der Waals surface area contributed by atoms with Gasteiger partial charge in [-0.15, -0.1) is 0 Å². The number of non-ortho nitro benzene ring substituents is 1. The number of nitrogens with zero attached hydrogens (tertiary/aromatic N) is 4. The molecule has 1 aliphatic rings. The fourth-order valence-corrected chi connectivity index (χ4v) is 3.89. The molecule has 0 aliphatic carbocycles. The Bertz CT molecular complexity index is 1190. The monoisotopic (exact) mass is 485 g/mol. The minimum atomic E-state index is -4.63. The number of hydrogen-bond donors (Lipinski definition) is 1. The van der Waals surface area contributed by atoms with Crippen LogP contribution in [0.2, 0.25) is 0 Å². The van der Waals surface area contributed by atoms with Gasteiger partial charge in [0.15, 0.2) is 0 Å². The van der Waals surface area contributed by atoms with Crippen LogP contribution in [0.5, 0.6) is 0 Å². The van der Waals surface area contributed by atoms with E-state index < -0.39 is 28.1 Å². The standard InChI is InChI=1S/C24H22F3N5O3/c25-24(26,27)21-4-2-1-3-20(21)23(33)29-18-7-10-22(28-15-18)31-13-11-30(12-14-31)16-17-5-8-19(9-6-17)32(34)35/h1-10,15H,11-14,16H2,(H,29,33). The van der Waals surface area contributed by atoms with E-state index in [1.54, 1.807) is 24.3 Å². The predicted octanol–water partition coefficient (Wildman–Crippen LogP) is 4.58. The van der Waals surface area contributed by atoms with Gasteiger partial charge in [-0.1, -0.05) is 24.3 Å². The second kappa shape index (κ2) is 10.1. The summed E-state index contributed by atoms with van der Waals surface area (Å²) in [5.41, 5.74) is -0.0855. The summed E-state index contributed by atoms with van der Waals surface area (Å²) >= 11 is 0. The van der Waals surface area contributed by atoms with Crippen molar-refractivity contribution in [2.45, 2.75) is 12.7 Å². The molecule has 2 aromatic carbocycles. The van der Waals surface area contributed by atoms with Gasteiger partial charge in [-0.3, -0.25) is 19.8 Å². The number of nitro groups is 1. The summed E-state index contributed by atoms with van der Waals surface area (Å²) in [5.74, 6) is -0.152. The van der Waals surface area contributed by atoms with Crippen molar-refractivity contribution in [3.05, 3.63) is 93.7 Å². The largest absolute Gasteiger partial charge is 0.417 e. The molecule has 11 heteroatoms. The maximum absolute atomic E-state index is 13.2. The molecule has 182 valence electrons. The van der Waals surface area contributed by atoms with Crippen molar-refractivity contribution < 1.29 is 22.9 Å². The van der Waals surface area contributed by atoms with Gasteiger partial charge in [0.2, 0.25) is 0 Å². The maximum Gasteiger partial charge on any atom is 0.417 e. The number of carbonyl (C=O) groups is 1. The van der Waals surface area contributed by atoms with Crippen LogP contribution in [0.15, 0.2) is 66.9 Å². The van der Waals surface area contributed by atoms with Crippen molar-refractivity contribution in [1.29, 1.82) is 0 Å². The molecular formula is C24H22F3N5O3. The Morgan fingerprint density at radius 3 is 2.29 bits per heavy atom. The third-order valence-corrected chi connectivity index (χ3v) is 5.73. The SMILES string of the molecule is O=C(Nc1ccc(N2CCN(Cc3ccc([N+](=O)[O-])cc3)CC2)nc1)c1ccccc1C(F)(F)F. The molecule has 0 radical (unpaired) electrons. The molecule has 1 fully saturated rings. The molecule has 8 nitrogen and oxygen atoms in total. The van der Waals surface area contributed by atoms with E-state index in [2.05, 4.69) is 20.1 Å². The smallest absolute Gasteiger partial charge is 0.354 e. The van der Waals surface area contributed by atoms with E-state index in [-0.39, 0.29) is 5.69 Å². The average Bonchev–Trinajstić information content (AvgIpc) is 2.85. The zero-order valence-electron chi connectivity index (χ0n) is 18.5. The lowest BCUT2D eigenvalue weighted by molar-refractivity contribution is -0.384. The van der Waals surface area contributed by atoms with Crippen molar-refractivity contribution in [3.8, 4) is 0 Å². The van der Waals surface area contributed by atoms with Gasteiger partial charge < -0.3 is 10.2 Å². The molecule has 0 unspecified atom stereocenters. The summed E-state index contributed by atoms with van der Waals surface area (Å²) in [7, 11) is 0. The number of hydrogen-bond acceptors (Lipinski definition) is 6. The van der Waals surface area contributed by atoms with Crippen LogP contribution in [0.1, 0.15) is 21.5 Å². The van der Waals surface area contributed by atoms with Crippen LogP contribution in [-0.4, -0.2) is 46.9 Å². The highest BCUT2D eigenvalue weighted by atomic mass is 19.4. The Hall–Kier alpha value is -3.99. The molecule has 0 spiro atoms. The summed E-state index contributed by atoms with van der Waals surface area (Å²) < 4.78 is 39.5. The van der Waals surface area contributed by atoms with Crippen LogP contribution in [0.4, 0.5) is 30.4 Å². The quantitative estimate of drug-likeness (QED) is 0.406. The number of halogens is 3. The summed E-state index contributed by atoms with van der Waals surface area (Å²) in [6.07, 6.45) is -3.21. The number of aromatic nitrogens is 1. The highest BCUT2D eigenvalue weighted by molar-refractivity contribution is 6.05. The van der Waals surface area contributed by atoms with Crippen molar-refractivity contribution >= 4 is 23.1 Å². The molecule has 1 aromatic heterocycles. The molecular weight excluding hydrogens is 463 g/mol. The van der Waals surface area contributed by atoms with Crippen LogP contribution in [0.25, 0.3) is 0 Å². The number of rotatable bonds is 6. The first-order valence-electron chi connectivity index (χ1n) is 10.8. The fraction of sp³-hybridized carbons (Fsp3) is 0.250. The number of anilines is 2. The molecule has 35 heavy (non-hydrogen) atoms. The first-order valence-corrected chi connectivity index (χ1v) is 10.8. The average molecular weight is 485 g/mol. The molecule has 1 aliphatic heterocycles. The number of alkyl halides is 3. The summed E-state index contributed by atoms with van der Waals surface area (Å²) in [6, 6.07) is 14.5. The third-order valence-electron chi connectivity index (χ3n) is 5.73. The molecule has 4 rings (SSSR count). The third kappa shape index (κ3) is 5.93. The Morgan fingerprint density at radius 2 is 1.69 bits per heavy atom. The zero-order chi connectivity index (χ0) is 25.0. The summed E-state index contributed by atoms with van der Waals surface area (Å²) in [5, 5.41) is 13.3. The Morgan fingerprint density at radius 1 is 1.00 bits per heavy atom. The minimum absolute atomic E-state index is 0.0637. The van der Waals surface area contributed by atoms with Crippen molar-refractivity contribution in [2.75, 3.05) is 36.4 Å². The lowest BCUT2D eigenvalue weighted by atomic mass is 10.1. The van der Waals surface area contributed by atoms with Crippen LogP contribution < -0.4 is 10.2 Å². The van der Waals surface area contributed by atoms with Gasteiger partial charge in [-0.05, 0) is 29.8 Å². The van der Waals surface area contributed by atoms with E-state index in [1.807, 2.05) is 0 Å². The van der Waals surface area contributed by atoms with Gasteiger partial charge in [0.25, 0.3) is 11.6 Å². The fourth-order valence-electron chi connectivity index (χ4n) is 3.89. The molecule has 0 bridgehead atoms. The molecule has 1 amide bonds. The first kappa shape index (κ1) is 24.1. The normalized spacial score (nSPS) is 14.5. The van der Waals surface area contributed by atoms with E-state index in [1.165, 1.54) is 30.5 Å². The van der Waals surface area contributed by atoms with Gasteiger partial charge in [-0.25, -0.2) is 4.98 Å². The predicted molar refractivity (Wildman–Crippen MR) is 124 cm³/mol. The second-order valence-corrected chi connectivity index (χ2v) is 8.09. The van der Waals surface area contributed by atoms with Gasteiger partial charge in [0.05, 0.1) is 27.9 Å². The maximum atomic E-state index is 13.2. The van der Waals surface area contributed by atoms with Crippen LogP contribution in [0.3, 0.4) is 0 Å². The molecule has 1 saturated heterocycles. The number of pyridine rings is 1. The number of benzene rings is 2. The lowest BCUT2D eigenvalue weighted by Gasteiger charge is -2.35. The zero-order valence-corrected chi connectivity index (χ0v) is 18.5. The molecule has 0 atom stereocenters.